The number of benzene rings is 2. The molecule has 17 heteroatoms. The van der Waals surface area contributed by atoms with Gasteiger partial charge in [-0.25, -0.2) is 9.40 Å². The molecule has 3 aromatic rings. The van der Waals surface area contributed by atoms with Crippen LogP contribution in [0.4, 0.5) is 27.6 Å². The van der Waals surface area contributed by atoms with Crippen LogP contribution in [0.2, 0.25) is 5.02 Å². The van der Waals surface area contributed by atoms with Crippen molar-refractivity contribution in [1.29, 1.82) is 0 Å². The Bertz CT molecular complexity index is 1830. The third-order valence-electron chi connectivity index (χ3n) is 8.82. The maximum absolute atomic E-state index is 15.4. The molecular weight excluding hydrogens is 719 g/mol. The number of hydrogen-bond acceptors (Lipinski definition) is 9. The molecule has 2 aliphatic rings. The zero-order valence-corrected chi connectivity index (χ0v) is 28.6. The summed E-state index contributed by atoms with van der Waals surface area (Å²) in [6.07, 6.45) is -2.97. The number of aromatic nitrogens is 1. The Labute approximate surface area is 300 Å². The monoisotopic (exact) mass is 754 g/mol. The van der Waals surface area contributed by atoms with E-state index in [-0.39, 0.29) is 59.5 Å². The van der Waals surface area contributed by atoms with E-state index in [1.165, 1.54) is 35.3 Å². The maximum Gasteiger partial charge on any atom is 0.433 e. The van der Waals surface area contributed by atoms with Crippen LogP contribution in [0.5, 0.6) is 5.75 Å². The highest BCUT2D eigenvalue weighted by Crippen LogP contribution is 2.42. The lowest BCUT2D eigenvalue weighted by Crippen LogP contribution is -2.60. The van der Waals surface area contributed by atoms with Gasteiger partial charge in [-0.3, -0.25) is 19.6 Å². The summed E-state index contributed by atoms with van der Waals surface area (Å²) in [5.74, 6) is -5.47. The number of nitrogens with zero attached hydrogens (tertiary/aromatic N) is 3. The Kier molecular flexibility index (Phi) is 12.1. The summed E-state index contributed by atoms with van der Waals surface area (Å²) in [5.41, 5.74) is -2.85. The van der Waals surface area contributed by atoms with Crippen LogP contribution < -0.4 is 10.1 Å². The van der Waals surface area contributed by atoms with Crippen molar-refractivity contribution in [3.8, 4) is 16.9 Å². The highest BCUT2D eigenvalue weighted by Gasteiger charge is 2.52. The number of nitrogens with one attached hydrogen (secondary N) is 1. The molecule has 2 aliphatic heterocycles. The highest BCUT2D eigenvalue weighted by molar-refractivity contribution is 6.31. The van der Waals surface area contributed by atoms with Crippen LogP contribution in [0.25, 0.3) is 11.1 Å². The lowest BCUT2D eigenvalue weighted by Gasteiger charge is -2.46. The number of fused-ring (bicyclic) bond motifs is 1. The summed E-state index contributed by atoms with van der Waals surface area (Å²) in [6.45, 7) is 1.20. The summed E-state index contributed by atoms with van der Waals surface area (Å²) in [7, 11) is 0. The fourth-order valence-electron chi connectivity index (χ4n) is 6.04. The first-order valence-electron chi connectivity index (χ1n) is 16.3. The van der Waals surface area contributed by atoms with Gasteiger partial charge in [0.05, 0.1) is 31.9 Å². The van der Waals surface area contributed by atoms with E-state index in [4.69, 9.17) is 26.2 Å². The van der Waals surface area contributed by atoms with Crippen molar-refractivity contribution >= 4 is 29.1 Å². The first kappa shape index (κ1) is 38.9. The zero-order valence-electron chi connectivity index (χ0n) is 27.9. The predicted molar refractivity (Wildman–Crippen MR) is 178 cm³/mol. The molecule has 0 aliphatic carbocycles. The quantitative estimate of drug-likeness (QED) is 0.0914. The molecule has 280 valence electrons. The number of aliphatic hydroxyl groups excluding tert-OH is 3. The molecule has 5 rings (SSSR count). The minimum absolute atomic E-state index is 0.0334. The van der Waals surface area contributed by atoms with E-state index in [2.05, 4.69) is 10.3 Å². The van der Waals surface area contributed by atoms with E-state index in [1.807, 2.05) is 0 Å². The van der Waals surface area contributed by atoms with Crippen molar-refractivity contribution in [3.63, 3.8) is 0 Å². The first-order chi connectivity index (χ1) is 24.6. The number of pyridine rings is 1. The summed E-state index contributed by atoms with van der Waals surface area (Å²) in [5, 5.41) is 34.8. The van der Waals surface area contributed by atoms with Gasteiger partial charge in [0.15, 0.2) is 11.6 Å². The number of amides is 2. The summed E-state index contributed by atoms with van der Waals surface area (Å²) in [4.78, 5) is 31.2. The van der Waals surface area contributed by atoms with Gasteiger partial charge in [0.1, 0.15) is 23.1 Å². The average Bonchev–Trinajstić information content (AvgIpc) is 3.51. The maximum atomic E-state index is 15.4. The number of unbranched alkanes of at least 4 members (excludes halogenated alkanes) is 1. The van der Waals surface area contributed by atoms with Crippen LogP contribution in [-0.2, 0) is 27.0 Å². The minimum Gasteiger partial charge on any atom is -0.509 e. The van der Waals surface area contributed by atoms with Crippen molar-refractivity contribution in [2.75, 3.05) is 38.3 Å². The van der Waals surface area contributed by atoms with Gasteiger partial charge in [-0.05, 0) is 62.9 Å². The Morgan fingerprint density at radius 1 is 1.12 bits per heavy atom. The highest BCUT2D eigenvalue weighted by atomic mass is 35.5. The fraction of sp³-hybridized carbons (Fsp3) is 0.400. The SMILES string of the molecule is C[C@]12CCCN1N(Cc1ccc(OCCCCOCC(O)CO)c(F)c1F)C(=O)C(C(=O)Nc1ccc(Cl)cc1-c1ccc(C(F)(F)F)nc1)=C2O. The van der Waals surface area contributed by atoms with Crippen LogP contribution in [0, 0.1) is 11.6 Å². The smallest absolute Gasteiger partial charge is 0.433 e. The summed E-state index contributed by atoms with van der Waals surface area (Å²) < 4.78 is 80.5. The van der Waals surface area contributed by atoms with E-state index in [0.29, 0.717) is 25.7 Å². The normalized spacial score (nSPS) is 18.5. The van der Waals surface area contributed by atoms with Gasteiger partial charge in [-0.1, -0.05) is 23.7 Å². The van der Waals surface area contributed by atoms with Crippen LogP contribution in [0.1, 0.15) is 43.9 Å². The average molecular weight is 755 g/mol. The number of carbonyl (C=O) groups is 2. The van der Waals surface area contributed by atoms with E-state index < -0.39 is 71.4 Å². The van der Waals surface area contributed by atoms with E-state index >= 15 is 8.78 Å². The molecule has 1 saturated heterocycles. The van der Waals surface area contributed by atoms with Crippen molar-refractivity contribution in [2.24, 2.45) is 0 Å². The summed E-state index contributed by atoms with van der Waals surface area (Å²) >= 11 is 6.16. The number of carbonyl (C=O) groups excluding carboxylic acids is 2. The van der Waals surface area contributed by atoms with Gasteiger partial charge in [0.2, 0.25) is 5.82 Å². The fourth-order valence-corrected chi connectivity index (χ4v) is 6.22. The second kappa shape index (κ2) is 16.1. The number of halogens is 6. The van der Waals surface area contributed by atoms with E-state index in [0.717, 1.165) is 23.3 Å². The zero-order chi connectivity index (χ0) is 37.8. The number of rotatable bonds is 14. The number of alkyl halides is 3. The lowest BCUT2D eigenvalue weighted by atomic mass is 9.90. The molecule has 2 amide bonds. The van der Waals surface area contributed by atoms with Crippen molar-refractivity contribution < 1.29 is 56.3 Å². The minimum atomic E-state index is -4.68. The largest absolute Gasteiger partial charge is 0.509 e. The topological polar surface area (TPSA) is 145 Å². The molecule has 1 fully saturated rings. The lowest BCUT2D eigenvalue weighted by molar-refractivity contribution is -0.160. The van der Waals surface area contributed by atoms with Gasteiger partial charge in [0.25, 0.3) is 11.8 Å². The van der Waals surface area contributed by atoms with Crippen molar-refractivity contribution in [3.05, 3.63) is 87.9 Å². The van der Waals surface area contributed by atoms with Gasteiger partial charge >= 0.3 is 6.18 Å². The molecule has 52 heavy (non-hydrogen) atoms. The second-order valence-corrected chi connectivity index (χ2v) is 12.9. The molecule has 0 saturated carbocycles. The van der Waals surface area contributed by atoms with Crippen molar-refractivity contribution in [1.82, 2.24) is 15.0 Å². The molecule has 1 unspecified atom stereocenters. The van der Waals surface area contributed by atoms with Gasteiger partial charge in [0, 0.05) is 46.7 Å². The number of hydrazine groups is 1. The Hall–Kier alpha value is -4.35. The Morgan fingerprint density at radius 2 is 1.87 bits per heavy atom. The number of hydrogen-bond donors (Lipinski definition) is 4. The Morgan fingerprint density at radius 3 is 2.56 bits per heavy atom. The summed E-state index contributed by atoms with van der Waals surface area (Å²) in [6, 6.07) is 8.56. The van der Waals surface area contributed by atoms with Gasteiger partial charge in [-0.15, -0.1) is 0 Å². The number of anilines is 1. The molecule has 11 nitrogen and oxygen atoms in total. The number of ether oxygens (including phenoxy) is 2. The molecule has 2 atom stereocenters. The molecular formula is C35H36ClF5N4O7. The molecule has 1 aromatic heterocycles. The second-order valence-electron chi connectivity index (χ2n) is 12.5. The van der Waals surface area contributed by atoms with Gasteiger partial charge in [-0.2, -0.15) is 17.6 Å². The molecule has 0 radical (unpaired) electrons. The first-order valence-corrected chi connectivity index (χ1v) is 16.7. The van der Waals surface area contributed by atoms with Crippen LogP contribution in [0.3, 0.4) is 0 Å². The van der Waals surface area contributed by atoms with E-state index in [1.54, 1.807) is 6.92 Å². The van der Waals surface area contributed by atoms with Crippen LogP contribution in [0.15, 0.2) is 60.0 Å². The van der Waals surface area contributed by atoms with Crippen molar-refractivity contribution in [2.45, 2.75) is 57.0 Å². The number of aliphatic hydroxyl groups is 3. The third kappa shape index (κ3) is 8.31. The molecule has 3 heterocycles. The standard InChI is InChI=1S/C35H36ClF5N4O7/c1-34-11-4-12-45(34)44(17-21-5-9-26(30(38)29(21)37)52-14-3-2-13-51-19-23(47)18-46)33(50)28(31(34)48)32(49)43-25-8-7-22(36)15-24(25)20-6-10-27(42-16-20)35(39,40)41/h5-10,15-16,23,46-48H,2-4,11-14,17-19H2,1H3,(H,43,49)/t23?,34-/m1/s1. The third-order valence-corrected chi connectivity index (χ3v) is 9.06. The molecule has 0 spiro atoms. The van der Waals surface area contributed by atoms with Crippen LogP contribution in [-0.4, -0.2) is 86.8 Å². The van der Waals surface area contributed by atoms with Crippen LogP contribution >= 0.6 is 11.6 Å². The Balaban J connectivity index is 1.34. The predicted octanol–water partition coefficient (Wildman–Crippen LogP) is 5.79. The van der Waals surface area contributed by atoms with Gasteiger partial charge < -0.3 is 30.1 Å². The molecule has 2 aromatic carbocycles. The van der Waals surface area contributed by atoms with E-state index in [9.17, 15) is 33.0 Å². The molecule has 0 bridgehead atoms. The molecule has 4 N–H and O–H groups in total.